The second-order valence-corrected chi connectivity index (χ2v) is 8.15. The van der Waals surface area contributed by atoms with E-state index in [2.05, 4.69) is 75.6 Å². The highest BCUT2D eigenvalue weighted by Gasteiger charge is 2.12. The molecule has 0 bridgehead atoms. The van der Waals surface area contributed by atoms with Crippen molar-refractivity contribution in [2.75, 3.05) is 6.61 Å². The molecule has 0 atom stereocenters. The fraction of sp³-hybridized carbons (Fsp3) is 0.192. The first-order chi connectivity index (χ1) is 14.8. The van der Waals surface area contributed by atoms with E-state index in [1.807, 2.05) is 30.3 Å². The molecule has 4 aromatic rings. The molecule has 3 nitrogen and oxygen atoms in total. The van der Waals surface area contributed by atoms with E-state index in [1.165, 1.54) is 11.1 Å². The first kappa shape index (κ1) is 20.4. The lowest BCUT2D eigenvalue weighted by Gasteiger charge is -2.12. The van der Waals surface area contributed by atoms with Crippen LogP contribution in [0.4, 0.5) is 0 Å². The zero-order chi connectivity index (χ0) is 20.8. The molecule has 3 aromatic carbocycles. The van der Waals surface area contributed by atoms with Crippen LogP contribution >= 0.6 is 15.9 Å². The van der Waals surface area contributed by atoms with Gasteiger partial charge in [-0.3, -0.25) is 0 Å². The monoisotopic (exact) mass is 460 g/mol. The van der Waals surface area contributed by atoms with Crippen LogP contribution in [0.2, 0.25) is 0 Å². The Bertz CT molecular complexity index is 1130. The van der Waals surface area contributed by atoms with E-state index in [1.54, 1.807) is 0 Å². The van der Waals surface area contributed by atoms with Crippen LogP contribution in [0, 0.1) is 0 Å². The number of aryl methyl sites for hydroxylation is 1. The molecule has 0 aliphatic heterocycles. The largest absolute Gasteiger partial charge is 0.493 e. The highest BCUT2D eigenvalue weighted by molar-refractivity contribution is 9.10. The van der Waals surface area contributed by atoms with Crippen LogP contribution in [0.25, 0.3) is 22.4 Å². The van der Waals surface area contributed by atoms with Gasteiger partial charge in [0.1, 0.15) is 11.6 Å². The molecule has 0 spiro atoms. The Labute approximate surface area is 186 Å². The van der Waals surface area contributed by atoms with E-state index < -0.39 is 0 Å². The number of nitrogens with zero attached hydrogens (tertiary/aromatic N) is 2. The van der Waals surface area contributed by atoms with Crippen LogP contribution in [-0.4, -0.2) is 16.2 Å². The van der Waals surface area contributed by atoms with Crippen LogP contribution in [0.5, 0.6) is 5.75 Å². The van der Waals surface area contributed by atoms with Crippen molar-refractivity contribution in [2.24, 2.45) is 0 Å². The molecule has 0 amide bonds. The first-order valence-corrected chi connectivity index (χ1v) is 11.1. The van der Waals surface area contributed by atoms with Crippen molar-refractivity contribution in [1.82, 2.24) is 9.55 Å². The van der Waals surface area contributed by atoms with Gasteiger partial charge in [-0.05, 0) is 55.2 Å². The molecule has 0 N–H and O–H groups in total. The number of benzene rings is 3. The molecule has 0 aliphatic carbocycles. The Balaban J connectivity index is 1.44. The van der Waals surface area contributed by atoms with Gasteiger partial charge in [0.15, 0.2) is 0 Å². The Morgan fingerprint density at radius 2 is 1.70 bits per heavy atom. The number of hydrogen-bond donors (Lipinski definition) is 0. The molecule has 0 saturated carbocycles. The summed E-state index contributed by atoms with van der Waals surface area (Å²) in [5, 5.41) is 0. The topological polar surface area (TPSA) is 27.1 Å². The minimum Gasteiger partial charge on any atom is -0.493 e. The van der Waals surface area contributed by atoms with Gasteiger partial charge < -0.3 is 9.30 Å². The maximum Gasteiger partial charge on any atom is 0.141 e. The van der Waals surface area contributed by atoms with Crippen molar-refractivity contribution < 1.29 is 4.74 Å². The van der Waals surface area contributed by atoms with Gasteiger partial charge in [-0.2, -0.15) is 0 Å². The molecule has 4 rings (SSSR count). The van der Waals surface area contributed by atoms with Gasteiger partial charge in [0.05, 0.1) is 17.6 Å². The van der Waals surface area contributed by atoms with Crippen molar-refractivity contribution in [3.8, 4) is 17.1 Å². The highest BCUT2D eigenvalue weighted by Crippen LogP contribution is 2.26. The second kappa shape index (κ2) is 9.77. The third-order valence-electron chi connectivity index (χ3n) is 5.13. The maximum atomic E-state index is 6.05. The average molecular weight is 461 g/mol. The van der Waals surface area contributed by atoms with Crippen molar-refractivity contribution >= 4 is 27.0 Å². The number of fused-ring (bicyclic) bond motifs is 1. The number of ether oxygens (including phenoxy) is 1. The lowest BCUT2D eigenvalue weighted by molar-refractivity contribution is 0.301. The van der Waals surface area contributed by atoms with Crippen molar-refractivity contribution in [3.05, 3.63) is 95.5 Å². The van der Waals surface area contributed by atoms with E-state index in [4.69, 9.17) is 9.72 Å². The fourth-order valence-corrected chi connectivity index (χ4v) is 3.91. The summed E-state index contributed by atoms with van der Waals surface area (Å²) in [5.41, 5.74) is 4.52. The number of hydrogen-bond acceptors (Lipinski definition) is 2. The van der Waals surface area contributed by atoms with E-state index >= 15 is 0 Å². The summed E-state index contributed by atoms with van der Waals surface area (Å²) in [6.45, 7) is 5.44. The summed E-state index contributed by atoms with van der Waals surface area (Å²) in [6, 6.07) is 24.9. The second-order valence-electron chi connectivity index (χ2n) is 7.24. The normalized spacial score (nSPS) is 11.0. The molecule has 1 aromatic heterocycles. The molecule has 0 radical (unpaired) electrons. The average Bonchev–Trinajstić information content (AvgIpc) is 3.14. The predicted molar refractivity (Wildman–Crippen MR) is 128 cm³/mol. The zero-order valence-electron chi connectivity index (χ0n) is 16.9. The lowest BCUT2D eigenvalue weighted by atomic mass is 10.1. The Hall–Kier alpha value is -2.85. The third-order valence-corrected chi connectivity index (χ3v) is 5.66. The number of rotatable bonds is 9. The van der Waals surface area contributed by atoms with Crippen molar-refractivity contribution in [2.45, 2.75) is 25.8 Å². The van der Waals surface area contributed by atoms with Gasteiger partial charge in [-0.25, -0.2) is 4.98 Å². The summed E-state index contributed by atoms with van der Waals surface area (Å²) < 4.78 is 9.44. The van der Waals surface area contributed by atoms with E-state index in [-0.39, 0.29) is 0 Å². The number of allylic oxidation sites excluding steroid dienone is 1. The van der Waals surface area contributed by atoms with Gasteiger partial charge in [-0.1, -0.05) is 64.5 Å². The molecule has 4 heteroatoms. The summed E-state index contributed by atoms with van der Waals surface area (Å²) >= 11 is 3.52. The standard InChI is InChI=1S/C26H25BrN2O/c1-2-9-20-10-3-6-13-25(20)30-19-8-7-18-29-24-12-5-4-11-23(24)28-26(29)21-14-16-22(27)17-15-21/h2-6,10-17H,1,7-9,18-19H2. The maximum absolute atomic E-state index is 6.05. The quantitative estimate of drug-likeness (QED) is 0.197. The number of halogens is 1. The van der Waals surface area contributed by atoms with Gasteiger partial charge in [-0.15, -0.1) is 6.58 Å². The van der Waals surface area contributed by atoms with Gasteiger partial charge in [0, 0.05) is 16.6 Å². The van der Waals surface area contributed by atoms with Crippen molar-refractivity contribution in [1.29, 1.82) is 0 Å². The molecule has 152 valence electrons. The van der Waals surface area contributed by atoms with Gasteiger partial charge in [0.2, 0.25) is 0 Å². The molecule has 30 heavy (non-hydrogen) atoms. The molecule has 0 aliphatic rings. The first-order valence-electron chi connectivity index (χ1n) is 10.3. The minimum atomic E-state index is 0.703. The fourth-order valence-electron chi connectivity index (χ4n) is 3.64. The Morgan fingerprint density at radius 3 is 2.53 bits per heavy atom. The summed E-state index contributed by atoms with van der Waals surface area (Å²) in [4.78, 5) is 4.90. The number of para-hydroxylation sites is 3. The molecule has 0 unspecified atom stereocenters. The molecule has 0 saturated heterocycles. The highest BCUT2D eigenvalue weighted by atomic mass is 79.9. The Kier molecular flexibility index (Phi) is 6.65. The van der Waals surface area contributed by atoms with E-state index in [9.17, 15) is 0 Å². The van der Waals surface area contributed by atoms with E-state index in [0.29, 0.717) is 6.61 Å². The lowest BCUT2D eigenvalue weighted by Crippen LogP contribution is -2.05. The summed E-state index contributed by atoms with van der Waals surface area (Å²) in [6.07, 6.45) is 4.74. The van der Waals surface area contributed by atoms with E-state index in [0.717, 1.165) is 52.9 Å². The van der Waals surface area contributed by atoms with Crippen LogP contribution in [-0.2, 0) is 13.0 Å². The van der Waals surface area contributed by atoms with Gasteiger partial charge >= 0.3 is 0 Å². The predicted octanol–water partition coefficient (Wildman–Crippen LogP) is 7.05. The molecule has 0 fully saturated rings. The van der Waals surface area contributed by atoms with Crippen LogP contribution in [0.3, 0.4) is 0 Å². The molecule has 1 heterocycles. The number of unbranched alkanes of at least 4 members (excludes halogenated alkanes) is 1. The number of aromatic nitrogens is 2. The van der Waals surface area contributed by atoms with Crippen LogP contribution < -0.4 is 4.74 Å². The summed E-state index contributed by atoms with van der Waals surface area (Å²) in [7, 11) is 0. The van der Waals surface area contributed by atoms with Crippen molar-refractivity contribution in [3.63, 3.8) is 0 Å². The Morgan fingerprint density at radius 1 is 0.933 bits per heavy atom. The minimum absolute atomic E-state index is 0.703. The smallest absolute Gasteiger partial charge is 0.141 e. The zero-order valence-corrected chi connectivity index (χ0v) is 18.5. The molecular weight excluding hydrogens is 436 g/mol. The summed E-state index contributed by atoms with van der Waals surface area (Å²) in [5.74, 6) is 1.97. The van der Waals surface area contributed by atoms with Crippen LogP contribution in [0.1, 0.15) is 18.4 Å². The van der Waals surface area contributed by atoms with Crippen LogP contribution in [0.15, 0.2) is 89.9 Å². The third kappa shape index (κ3) is 4.65. The van der Waals surface area contributed by atoms with Gasteiger partial charge in [0.25, 0.3) is 0 Å². The SMILES string of the molecule is C=CCc1ccccc1OCCCCn1c(-c2ccc(Br)cc2)nc2ccccc21. The number of imidazole rings is 1. The molecular formula is C26H25BrN2O.